The number of carbonyl (C=O) groups excluding carboxylic acids is 2. The zero-order valence-corrected chi connectivity index (χ0v) is 24.7. The van der Waals surface area contributed by atoms with E-state index in [1.807, 2.05) is 0 Å². The van der Waals surface area contributed by atoms with Crippen molar-refractivity contribution in [2.24, 2.45) is 0 Å². The van der Waals surface area contributed by atoms with Crippen molar-refractivity contribution in [2.75, 3.05) is 35.7 Å². The summed E-state index contributed by atoms with van der Waals surface area (Å²) < 4.78 is 19.1. The van der Waals surface area contributed by atoms with Crippen molar-refractivity contribution in [3.05, 3.63) is 116 Å². The van der Waals surface area contributed by atoms with E-state index in [2.05, 4.69) is 10.6 Å². The maximum absolute atomic E-state index is 12.9. The van der Waals surface area contributed by atoms with Crippen molar-refractivity contribution >= 4 is 66.9 Å². The van der Waals surface area contributed by atoms with E-state index in [0.29, 0.717) is 33.3 Å². The van der Waals surface area contributed by atoms with Gasteiger partial charge < -0.3 is 10.6 Å². The molecule has 12 nitrogen and oxygen atoms in total. The topological polar surface area (TPSA) is 179 Å². The molecule has 0 bridgehead atoms. The number of non-ortho nitro benzene ring substituents is 2. The van der Waals surface area contributed by atoms with Gasteiger partial charge in [-0.05, 0) is 47.2 Å². The van der Waals surface area contributed by atoms with Crippen LogP contribution in [0.1, 0.15) is 20.7 Å². The predicted octanol–water partition coefficient (Wildman–Crippen LogP) is 5.15. The number of hydrogen-bond acceptors (Lipinski definition) is 8. The fourth-order valence-corrected chi connectivity index (χ4v) is 3.42. The average molecular weight is 613 g/mol. The SMILES string of the molecule is CS(C)=O.CS(C)=O.O=C(Nc1ccc([N+](=O)[O-])cc1)c1ccc(C(=O)Nc2ccc([N+](=O)[O-])cc2)c2ccccc12. The third kappa shape index (κ3) is 10.3. The van der Waals surface area contributed by atoms with Crippen LogP contribution < -0.4 is 10.6 Å². The number of nitro groups is 2. The second-order valence-corrected chi connectivity index (χ2v) is 11.7. The molecule has 0 radical (unpaired) electrons. The maximum Gasteiger partial charge on any atom is 0.269 e. The summed E-state index contributed by atoms with van der Waals surface area (Å²) in [6.07, 6.45) is 6.56. The Morgan fingerprint density at radius 2 is 0.857 bits per heavy atom. The highest BCUT2D eigenvalue weighted by atomic mass is 32.2. The molecule has 220 valence electrons. The van der Waals surface area contributed by atoms with Crippen LogP contribution in [-0.2, 0) is 21.6 Å². The fourth-order valence-electron chi connectivity index (χ4n) is 3.42. The fraction of sp³-hybridized carbons (Fsp3) is 0.143. The van der Waals surface area contributed by atoms with Crippen molar-refractivity contribution < 1.29 is 27.9 Å². The summed E-state index contributed by atoms with van der Waals surface area (Å²) in [5, 5.41) is 28.1. The van der Waals surface area contributed by atoms with Crippen molar-refractivity contribution in [3.63, 3.8) is 0 Å². The van der Waals surface area contributed by atoms with Gasteiger partial charge in [-0.25, -0.2) is 0 Å². The van der Waals surface area contributed by atoms with Gasteiger partial charge in [0, 0.05) is 93.4 Å². The van der Waals surface area contributed by atoms with E-state index in [1.54, 1.807) is 49.3 Å². The van der Waals surface area contributed by atoms with Crippen LogP contribution >= 0.6 is 0 Å². The smallest absolute Gasteiger partial charge is 0.269 e. The van der Waals surface area contributed by atoms with Crippen molar-refractivity contribution in [2.45, 2.75) is 0 Å². The average Bonchev–Trinajstić information content (AvgIpc) is 2.92. The lowest BCUT2D eigenvalue weighted by molar-refractivity contribution is -0.385. The molecular weight excluding hydrogens is 584 g/mol. The first-order chi connectivity index (χ1) is 19.8. The summed E-state index contributed by atoms with van der Waals surface area (Å²) >= 11 is 0. The molecule has 4 rings (SSSR count). The predicted molar refractivity (Wildman–Crippen MR) is 166 cm³/mol. The monoisotopic (exact) mass is 612 g/mol. The number of rotatable bonds is 6. The van der Waals surface area contributed by atoms with Crippen LogP contribution in [0.15, 0.2) is 84.9 Å². The van der Waals surface area contributed by atoms with E-state index in [1.165, 1.54) is 60.7 Å². The number of hydrogen-bond donors (Lipinski definition) is 2. The summed E-state index contributed by atoms with van der Waals surface area (Å²) in [7, 11) is -1.22. The first kappa shape index (κ1) is 33.4. The molecule has 0 saturated heterocycles. The lowest BCUT2D eigenvalue weighted by Crippen LogP contribution is -2.15. The van der Waals surface area contributed by atoms with E-state index in [-0.39, 0.29) is 11.4 Å². The minimum Gasteiger partial charge on any atom is -0.322 e. The Kier molecular flexibility index (Phi) is 12.6. The van der Waals surface area contributed by atoms with Gasteiger partial charge in [0.15, 0.2) is 0 Å². The summed E-state index contributed by atoms with van der Waals surface area (Å²) in [5.74, 6) is -0.875. The molecule has 14 heteroatoms. The Balaban J connectivity index is 0.000000686. The summed E-state index contributed by atoms with van der Waals surface area (Å²) in [6.45, 7) is 0. The van der Waals surface area contributed by atoms with Crippen LogP contribution in [0.25, 0.3) is 10.8 Å². The highest BCUT2D eigenvalue weighted by Gasteiger charge is 2.17. The molecule has 2 amide bonds. The normalized spacial score (nSPS) is 10.1. The van der Waals surface area contributed by atoms with E-state index in [4.69, 9.17) is 0 Å². The summed E-state index contributed by atoms with van der Waals surface area (Å²) in [4.78, 5) is 46.4. The van der Waals surface area contributed by atoms with E-state index < -0.39 is 43.3 Å². The largest absolute Gasteiger partial charge is 0.322 e. The van der Waals surface area contributed by atoms with Gasteiger partial charge in [-0.15, -0.1) is 0 Å². The minimum absolute atomic E-state index is 0.0909. The molecule has 2 N–H and O–H groups in total. The Bertz CT molecular complexity index is 1510. The van der Waals surface area contributed by atoms with E-state index in [9.17, 15) is 38.2 Å². The number of nitrogens with one attached hydrogen (secondary N) is 2. The third-order valence-corrected chi connectivity index (χ3v) is 5.09. The number of amides is 2. The molecule has 0 saturated carbocycles. The molecule has 0 atom stereocenters. The second kappa shape index (κ2) is 15.8. The Morgan fingerprint density at radius 1 is 0.571 bits per heavy atom. The van der Waals surface area contributed by atoms with E-state index >= 15 is 0 Å². The van der Waals surface area contributed by atoms with Gasteiger partial charge in [0.1, 0.15) is 0 Å². The number of carbonyl (C=O) groups is 2. The van der Waals surface area contributed by atoms with Gasteiger partial charge in [-0.1, -0.05) is 24.3 Å². The quantitative estimate of drug-likeness (QED) is 0.222. The van der Waals surface area contributed by atoms with Crippen LogP contribution in [0.2, 0.25) is 0 Å². The van der Waals surface area contributed by atoms with Crippen LogP contribution in [0, 0.1) is 20.2 Å². The number of fused-ring (bicyclic) bond motifs is 1. The van der Waals surface area contributed by atoms with Crippen molar-refractivity contribution in [3.8, 4) is 0 Å². The molecule has 42 heavy (non-hydrogen) atoms. The molecule has 0 aliphatic heterocycles. The molecule has 4 aromatic rings. The van der Waals surface area contributed by atoms with Crippen LogP contribution in [0.3, 0.4) is 0 Å². The summed E-state index contributed by atoms with van der Waals surface area (Å²) in [5.41, 5.74) is 1.24. The lowest BCUT2D eigenvalue weighted by atomic mass is 9.98. The van der Waals surface area contributed by atoms with Gasteiger partial charge in [-0.3, -0.25) is 38.2 Å². The van der Waals surface area contributed by atoms with Crippen LogP contribution in [0.4, 0.5) is 22.7 Å². The standard InChI is InChI=1S/C24H16N4O6.2C2H6OS/c29-23(25-15-5-9-17(10-6-15)27(31)32)21-13-14-22(20-4-2-1-3-19(20)21)24(30)26-16-7-11-18(12-8-16)28(33)34;2*1-4(2)3/h1-14H,(H,25,29)(H,26,30);2*1-2H3. The van der Waals surface area contributed by atoms with Gasteiger partial charge in [0.05, 0.1) is 9.85 Å². The number of benzene rings is 4. The highest BCUT2D eigenvalue weighted by Crippen LogP contribution is 2.26. The van der Waals surface area contributed by atoms with Crippen molar-refractivity contribution in [1.82, 2.24) is 0 Å². The third-order valence-electron chi connectivity index (χ3n) is 5.09. The molecule has 0 aliphatic carbocycles. The van der Waals surface area contributed by atoms with Gasteiger partial charge in [0.2, 0.25) is 0 Å². The number of nitro benzene ring substituents is 2. The summed E-state index contributed by atoms with van der Waals surface area (Å²) in [6, 6.07) is 20.8. The van der Waals surface area contributed by atoms with E-state index in [0.717, 1.165) is 0 Å². The van der Waals surface area contributed by atoms with Crippen LogP contribution in [0.5, 0.6) is 0 Å². The Hall–Kier alpha value is -4.82. The number of anilines is 2. The lowest BCUT2D eigenvalue weighted by Gasteiger charge is -2.12. The zero-order chi connectivity index (χ0) is 31.4. The van der Waals surface area contributed by atoms with Gasteiger partial charge in [0.25, 0.3) is 23.2 Å². The first-order valence-electron chi connectivity index (χ1n) is 11.9. The molecule has 0 unspecified atom stereocenters. The van der Waals surface area contributed by atoms with Gasteiger partial charge >= 0.3 is 0 Å². The molecule has 0 aliphatic rings. The van der Waals surface area contributed by atoms with Crippen LogP contribution in [-0.4, -0.2) is 55.1 Å². The van der Waals surface area contributed by atoms with Crippen molar-refractivity contribution in [1.29, 1.82) is 0 Å². The molecular formula is C28H28N4O8S2. The first-order valence-corrected chi connectivity index (χ1v) is 15.9. The molecule has 0 fully saturated rings. The Morgan fingerprint density at radius 3 is 1.12 bits per heavy atom. The molecule has 0 aromatic heterocycles. The molecule has 0 heterocycles. The Labute approximate surface area is 246 Å². The molecule has 0 spiro atoms. The van der Waals surface area contributed by atoms with Gasteiger partial charge in [-0.2, -0.15) is 0 Å². The second-order valence-electron chi connectivity index (χ2n) is 8.71. The zero-order valence-electron chi connectivity index (χ0n) is 23.1. The minimum atomic E-state index is -0.611. The highest BCUT2D eigenvalue weighted by molar-refractivity contribution is 7.83. The molecule has 4 aromatic carbocycles. The number of nitrogens with zero attached hydrogens (tertiary/aromatic N) is 2. The maximum atomic E-state index is 12.9.